The molecule has 1 saturated heterocycles. The van der Waals surface area contributed by atoms with Crippen molar-refractivity contribution in [1.29, 1.82) is 0 Å². The third kappa shape index (κ3) is 4.51. The van der Waals surface area contributed by atoms with Crippen molar-refractivity contribution in [2.75, 3.05) is 13.1 Å². The zero-order valence-electron chi connectivity index (χ0n) is 11.1. The highest BCUT2D eigenvalue weighted by atomic mass is 127. The summed E-state index contributed by atoms with van der Waals surface area (Å²) in [4.78, 5) is 0. The molecule has 0 spiro atoms. The van der Waals surface area contributed by atoms with Crippen LogP contribution < -0.4 is 5.32 Å². The summed E-state index contributed by atoms with van der Waals surface area (Å²) in [6.45, 7) is 7.38. The molecule has 1 aliphatic rings. The zero-order chi connectivity index (χ0) is 13.0. The Kier molecular flexibility index (Phi) is 5.44. The standard InChI is InChI=1S/C13H22IN3O/c1-10(2)5-15-7-12-3-4-13(18-12)9-17-8-11(14)6-16-17/h6,8,10,12-13,15H,3-5,7,9H2,1-2H3. The lowest BCUT2D eigenvalue weighted by molar-refractivity contribution is 0.0339. The molecule has 2 unspecified atom stereocenters. The van der Waals surface area contributed by atoms with Gasteiger partial charge in [-0.1, -0.05) is 13.8 Å². The molecule has 1 fully saturated rings. The van der Waals surface area contributed by atoms with Crippen molar-refractivity contribution in [2.24, 2.45) is 5.92 Å². The van der Waals surface area contributed by atoms with Crippen LogP contribution in [0.5, 0.6) is 0 Å². The summed E-state index contributed by atoms with van der Waals surface area (Å²) in [6, 6.07) is 0. The average molecular weight is 363 g/mol. The molecule has 1 aromatic rings. The maximum absolute atomic E-state index is 6.03. The van der Waals surface area contributed by atoms with Gasteiger partial charge in [0.1, 0.15) is 0 Å². The van der Waals surface area contributed by atoms with Crippen molar-refractivity contribution in [3.8, 4) is 0 Å². The lowest BCUT2D eigenvalue weighted by atomic mass is 10.2. The lowest BCUT2D eigenvalue weighted by Crippen LogP contribution is -2.30. The lowest BCUT2D eigenvalue weighted by Gasteiger charge is -2.15. The monoisotopic (exact) mass is 363 g/mol. The van der Waals surface area contributed by atoms with Gasteiger partial charge in [0.05, 0.1) is 28.5 Å². The van der Waals surface area contributed by atoms with Gasteiger partial charge in [0, 0.05) is 12.7 Å². The first-order chi connectivity index (χ1) is 8.63. The van der Waals surface area contributed by atoms with E-state index in [-0.39, 0.29) is 0 Å². The fourth-order valence-corrected chi connectivity index (χ4v) is 2.69. The van der Waals surface area contributed by atoms with Crippen molar-refractivity contribution in [1.82, 2.24) is 15.1 Å². The van der Waals surface area contributed by atoms with Gasteiger partial charge >= 0.3 is 0 Å². The molecule has 2 heterocycles. The van der Waals surface area contributed by atoms with Crippen molar-refractivity contribution < 1.29 is 4.74 Å². The van der Waals surface area contributed by atoms with E-state index in [1.807, 2.05) is 10.9 Å². The summed E-state index contributed by atoms with van der Waals surface area (Å²) < 4.78 is 9.19. The van der Waals surface area contributed by atoms with Crippen LogP contribution in [0.25, 0.3) is 0 Å². The van der Waals surface area contributed by atoms with Crippen molar-refractivity contribution in [3.05, 3.63) is 16.0 Å². The second-order valence-electron chi connectivity index (χ2n) is 5.39. The van der Waals surface area contributed by atoms with Gasteiger partial charge in [0.15, 0.2) is 0 Å². The highest BCUT2D eigenvalue weighted by Gasteiger charge is 2.25. The number of hydrogen-bond donors (Lipinski definition) is 1. The van der Waals surface area contributed by atoms with E-state index >= 15 is 0 Å². The molecule has 0 bridgehead atoms. The van der Waals surface area contributed by atoms with E-state index in [9.17, 15) is 0 Å². The van der Waals surface area contributed by atoms with E-state index in [1.165, 1.54) is 3.57 Å². The van der Waals surface area contributed by atoms with Gasteiger partial charge in [-0.15, -0.1) is 0 Å². The van der Waals surface area contributed by atoms with E-state index < -0.39 is 0 Å². The molecule has 0 amide bonds. The van der Waals surface area contributed by atoms with E-state index in [0.717, 1.165) is 32.5 Å². The van der Waals surface area contributed by atoms with Crippen LogP contribution in [0.4, 0.5) is 0 Å². The summed E-state index contributed by atoms with van der Waals surface area (Å²) in [6.07, 6.45) is 6.96. The normalized spacial score (nSPS) is 24.0. The zero-order valence-corrected chi connectivity index (χ0v) is 13.3. The van der Waals surface area contributed by atoms with Gasteiger partial charge < -0.3 is 10.1 Å². The summed E-state index contributed by atoms with van der Waals surface area (Å²) in [5.41, 5.74) is 0. The largest absolute Gasteiger partial charge is 0.372 e. The van der Waals surface area contributed by atoms with Crippen LogP contribution in [0.3, 0.4) is 0 Å². The molecule has 102 valence electrons. The highest BCUT2D eigenvalue weighted by Crippen LogP contribution is 2.20. The highest BCUT2D eigenvalue weighted by molar-refractivity contribution is 14.1. The Morgan fingerprint density at radius 3 is 2.94 bits per heavy atom. The first-order valence-corrected chi connectivity index (χ1v) is 7.75. The smallest absolute Gasteiger partial charge is 0.0776 e. The number of nitrogens with one attached hydrogen (secondary N) is 1. The van der Waals surface area contributed by atoms with Crippen LogP contribution in [0.1, 0.15) is 26.7 Å². The van der Waals surface area contributed by atoms with Gasteiger partial charge in [0.2, 0.25) is 0 Å². The van der Waals surface area contributed by atoms with Crippen LogP contribution in [-0.4, -0.2) is 35.1 Å². The maximum atomic E-state index is 6.03. The molecule has 1 aromatic heterocycles. The van der Waals surface area contributed by atoms with Gasteiger partial charge in [0.25, 0.3) is 0 Å². The Hall–Kier alpha value is -0.140. The second kappa shape index (κ2) is 6.86. The fraction of sp³-hybridized carbons (Fsp3) is 0.769. The van der Waals surface area contributed by atoms with Crippen LogP contribution in [0, 0.1) is 9.49 Å². The van der Waals surface area contributed by atoms with Crippen molar-refractivity contribution in [2.45, 2.75) is 45.4 Å². The van der Waals surface area contributed by atoms with Crippen LogP contribution in [0.15, 0.2) is 12.4 Å². The third-order valence-corrected chi connectivity index (χ3v) is 3.67. The Morgan fingerprint density at radius 2 is 2.28 bits per heavy atom. The molecule has 5 heteroatoms. The molecular weight excluding hydrogens is 341 g/mol. The minimum Gasteiger partial charge on any atom is -0.372 e. The quantitative estimate of drug-likeness (QED) is 0.789. The van der Waals surface area contributed by atoms with Gasteiger partial charge in [-0.25, -0.2) is 0 Å². The molecule has 4 nitrogen and oxygen atoms in total. The predicted octanol–water partition coefficient (Wildman–Crippen LogP) is 2.28. The Labute approximate surface area is 123 Å². The Morgan fingerprint density at radius 1 is 1.50 bits per heavy atom. The molecule has 0 aromatic carbocycles. The third-order valence-electron chi connectivity index (χ3n) is 3.11. The first kappa shape index (κ1) is 14.3. The number of aromatic nitrogens is 2. The molecule has 0 saturated carbocycles. The average Bonchev–Trinajstić information content (AvgIpc) is 2.89. The van der Waals surface area contributed by atoms with Crippen molar-refractivity contribution >= 4 is 22.6 Å². The van der Waals surface area contributed by atoms with Crippen LogP contribution in [-0.2, 0) is 11.3 Å². The summed E-state index contributed by atoms with van der Waals surface area (Å²) in [7, 11) is 0. The topological polar surface area (TPSA) is 39.1 Å². The van der Waals surface area contributed by atoms with Crippen LogP contribution >= 0.6 is 22.6 Å². The Balaban J connectivity index is 1.68. The summed E-state index contributed by atoms with van der Waals surface area (Å²) in [5, 5.41) is 7.77. The SMILES string of the molecule is CC(C)CNCC1CCC(Cn2cc(I)cn2)O1. The summed E-state index contributed by atoms with van der Waals surface area (Å²) >= 11 is 2.28. The van der Waals surface area contributed by atoms with Crippen LogP contribution in [0.2, 0.25) is 0 Å². The van der Waals surface area contributed by atoms with E-state index in [0.29, 0.717) is 18.1 Å². The maximum Gasteiger partial charge on any atom is 0.0776 e. The van der Waals surface area contributed by atoms with Gasteiger partial charge in [-0.2, -0.15) is 5.10 Å². The molecular formula is C13H22IN3O. The van der Waals surface area contributed by atoms with Gasteiger partial charge in [-0.3, -0.25) is 4.68 Å². The number of ether oxygens (including phenoxy) is 1. The second-order valence-corrected chi connectivity index (χ2v) is 6.64. The molecule has 0 aliphatic carbocycles. The van der Waals surface area contributed by atoms with Crippen molar-refractivity contribution in [3.63, 3.8) is 0 Å². The molecule has 2 rings (SSSR count). The number of hydrogen-bond acceptors (Lipinski definition) is 3. The number of nitrogens with zero attached hydrogens (tertiary/aromatic N) is 2. The van der Waals surface area contributed by atoms with E-state index in [1.54, 1.807) is 0 Å². The molecule has 1 N–H and O–H groups in total. The number of rotatable bonds is 6. The minimum absolute atomic E-state index is 0.326. The molecule has 0 radical (unpaired) electrons. The fourth-order valence-electron chi connectivity index (χ4n) is 2.24. The molecule has 18 heavy (non-hydrogen) atoms. The molecule has 2 atom stereocenters. The summed E-state index contributed by atoms with van der Waals surface area (Å²) in [5.74, 6) is 0.702. The minimum atomic E-state index is 0.326. The predicted molar refractivity (Wildman–Crippen MR) is 80.5 cm³/mol. The van der Waals surface area contributed by atoms with E-state index in [2.05, 4.69) is 53.1 Å². The Bertz CT molecular complexity index is 367. The molecule has 1 aliphatic heterocycles. The van der Waals surface area contributed by atoms with Gasteiger partial charge in [-0.05, 0) is 47.9 Å². The first-order valence-electron chi connectivity index (χ1n) is 6.67. The van der Waals surface area contributed by atoms with E-state index in [4.69, 9.17) is 4.74 Å². The number of halogens is 1.